The van der Waals surface area contributed by atoms with Crippen LogP contribution in [0.15, 0.2) is 12.2 Å². The van der Waals surface area contributed by atoms with Crippen LogP contribution in [-0.2, 0) is 9.53 Å². The Balaban J connectivity index is 0. The summed E-state index contributed by atoms with van der Waals surface area (Å²) in [5.74, 6) is -0.272. The van der Waals surface area contributed by atoms with Gasteiger partial charge in [-0.25, -0.2) is 4.79 Å². The van der Waals surface area contributed by atoms with Crippen molar-refractivity contribution in [2.24, 2.45) is 0 Å². The van der Waals surface area contributed by atoms with E-state index >= 15 is 0 Å². The lowest BCUT2D eigenvalue weighted by molar-refractivity contribution is -0.870. The first-order valence-electron chi connectivity index (χ1n) is 5.96. The van der Waals surface area contributed by atoms with Crippen molar-refractivity contribution >= 4 is 5.97 Å². The zero-order valence-corrected chi connectivity index (χ0v) is 12.3. The number of hydrogen-bond donors (Lipinski definition) is 0. The van der Waals surface area contributed by atoms with E-state index in [1.54, 1.807) is 6.92 Å². The van der Waals surface area contributed by atoms with Crippen molar-refractivity contribution in [3.8, 4) is 0 Å². The minimum Gasteiger partial charge on any atom is -1.00 e. The molecule has 0 heterocycles. The maximum atomic E-state index is 11.0. The summed E-state index contributed by atoms with van der Waals surface area (Å²) in [5, 5.41) is 0. The molecule has 0 aromatic rings. The summed E-state index contributed by atoms with van der Waals surface area (Å²) in [4.78, 5) is 11.0. The third-order valence-corrected chi connectivity index (χ3v) is 2.30. The molecule has 0 atom stereocenters. The monoisotopic (exact) mass is 263 g/mol. The van der Waals surface area contributed by atoms with Crippen LogP contribution in [0.4, 0.5) is 0 Å². The summed E-state index contributed by atoms with van der Waals surface area (Å²) < 4.78 is 6.03. The molecular weight excluding hydrogens is 238 g/mol. The molecule has 3 nitrogen and oxygen atoms in total. The Hall–Kier alpha value is -0.540. The molecule has 0 bridgehead atoms. The number of quaternary nitrogens is 1. The van der Waals surface area contributed by atoms with E-state index in [1.807, 2.05) is 0 Å². The van der Waals surface area contributed by atoms with Gasteiger partial charge in [0.25, 0.3) is 0 Å². The van der Waals surface area contributed by atoms with Gasteiger partial charge in [-0.15, -0.1) is 0 Å². The Bertz CT molecular complexity index is 234. The van der Waals surface area contributed by atoms with Crippen LogP contribution in [0, 0.1) is 0 Å². The number of ether oxygens (including phenoxy) is 1. The van der Waals surface area contributed by atoms with Crippen molar-refractivity contribution in [1.29, 1.82) is 0 Å². The van der Waals surface area contributed by atoms with Crippen LogP contribution in [0.5, 0.6) is 0 Å². The van der Waals surface area contributed by atoms with Crippen LogP contribution < -0.4 is 12.4 Å². The molecule has 4 heteroatoms. The zero-order valence-electron chi connectivity index (χ0n) is 11.6. The second kappa shape index (κ2) is 9.49. The first-order valence-corrected chi connectivity index (χ1v) is 5.96. The molecule has 0 aliphatic heterocycles. The topological polar surface area (TPSA) is 26.3 Å². The van der Waals surface area contributed by atoms with E-state index in [1.165, 1.54) is 19.4 Å². The normalized spacial score (nSPS) is 10.6. The van der Waals surface area contributed by atoms with Gasteiger partial charge in [0.15, 0.2) is 0 Å². The average molecular weight is 264 g/mol. The number of hydrogen-bond acceptors (Lipinski definition) is 2. The number of nitrogens with zero attached hydrogens (tertiary/aromatic N) is 1. The summed E-state index contributed by atoms with van der Waals surface area (Å²) in [7, 11) is 6.61. The Morgan fingerprint density at radius 1 is 1.12 bits per heavy atom. The fourth-order valence-electron chi connectivity index (χ4n) is 1.33. The van der Waals surface area contributed by atoms with Gasteiger partial charge < -0.3 is 21.6 Å². The number of carbonyl (C=O) groups excluding carboxylic acids is 1. The van der Waals surface area contributed by atoms with E-state index < -0.39 is 0 Å². The minimum atomic E-state index is -0.272. The molecule has 0 aromatic carbocycles. The van der Waals surface area contributed by atoms with Crippen molar-refractivity contribution in [2.45, 2.75) is 32.6 Å². The van der Waals surface area contributed by atoms with Crippen LogP contribution in [0.3, 0.4) is 0 Å². The van der Waals surface area contributed by atoms with Gasteiger partial charge in [-0.2, -0.15) is 0 Å². The summed E-state index contributed by atoms with van der Waals surface area (Å²) >= 11 is 0. The number of unbranched alkanes of at least 4 members (excludes halogenated alkanes) is 3. The van der Waals surface area contributed by atoms with Crippen molar-refractivity contribution in [1.82, 2.24) is 0 Å². The third-order valence-electron chi connectivity index (χ3n) is 2.30. The number of carbonyl (C=O) groups is 1. The Morgan fingerprint density at radius 2 is 1.65 bits per heavy atom. The molecule has 0 unspecified atom stereocenters. The Labute approximate surface area is 112 Å². The fourth-order valence-corrected chi connectivity index (χ4v) is 1.33. The zero-order chi connectivity index (χ0) is 12.6. The van der Waals surface area contributed by atoms with E-state index in [9.17, 15) is 4.79 Å². The lowest BCUT2D eigenvalue weighted by Gasteiger charge is -2.23. The molecule has 0 aliphatic rings. The molecule has 0 aliphatic carbocycles. The average Bonchev–Trinajstić information content (AvgIpc) is 2.14. The van der Waals surface area contributed by atoms with Crippen molar-refractivity contribution in [3.05, 3.63) is 12.2 Å². The largest absolute Gasteiger partial charge is 1.00 e. The van der Waals surface area contributed by atoms with Gasteiger partial charge in [-0.05, 0) is 32.6 Å². The molecule has 0 aromatic heterocycles. The quantitative estimate of drug-likeness (QED) is 0.253. The van der Waals surface area contributed by atoms with Crippen LogP contribution in [0.2, 0.25) is 0 Å². The number of rotatable bonds is 8. The highest BCUT2D eigenvalue weighted by molar-refractivity contribution is 5.86. The number of esters is 1. The van der Waals surface area contributed by atoms with Gasteiger partial charge in [0, 0.05) is 5.57 Å². The maximum absolute atomic E-state index is 11.0. The summed E-state index contributed by atoms with van der Waals surface area (Å²) in [6.45, 7) is 6.93. The molecule has 0 saturated heterocycles. The van der Waals surface area contributed by atoms with Crippen LogP contribution in [0.25, 0.3) is 0 Å². The lowest BCUT2D eigenvalue weighted by atomic mass is 10.2. The van der Waals surface area contributed by atoms with E-state index in [0.29, 0.717) is 12.2 Å². The SMILES string of the molecule is C=C(C)C(=O)OCCCCCC[N+](C)(C)C.[Cl-]. The van der Waals surface area contributed by atoms with E-state index in [0.717, 1.165) is 17.3 Å². The van der Waals surface area contributed by atoms with Crippen molar-refractivity contribution in [3.63, 3.8) is 0 Å². The van der Waals surface area contributed by atoms with Crippen molar-refractivity contribution in [2.75, 3.05) is 34.3 Å². The van der Waals surface area contributed by atoms with E-state index in [-0.39, 0.29) is 18.4 Å². The highest BCUT2D eigenvalue weighted by Gasteiger charge is 2.05. The molecule has 0 saturated carbocycles. The first kappa shape index (κ1) is 18.8. The van der Waals surface area contributed by atoms with Gasteiger partial charge in [-0.1, -0.05) is 6.58 Å². The molecule has 0 fully saturated rings. The maximum Gasteiger partial charge on any atom is 0.333 e. The second-order valence-electron chi connectivity index (χ2n) is 5.34. The van der Waals surface area contributed by atoms with E-state index in [4.69, 9.17) is 4.74 Å². The van der Waals surface area contributed by atoms with Gasteiger partial charge in [0.1, 0.15) is 0 Å². The third kappa shape index (κ3) is 13.4. The molecule has 0 spiro atoms. The molecule has 0 N–H and O–H groups in total. The van der Waals surface area contributed by atoms with E-state index in [2.05, 4.69) is 27.7 Å². The first-order chi connectivity index (χ1) is 7.33. The number of halogens is 1. The van der Waals surface area contributed by atoms with Crippen molar-refractivity contribution < 1.29 is 26.4 Å². The Kier molecular flexibility index (Phi) is 10.5. The van der Waals surface area contributed by atoms with Crippen LogP contribution >= 0.6 is 0 Å². The highest BCUT2D eigenvalue weighted by Crippen LogP contribution is 2.04. The Morgan fingerprint density at radius 3 is 2.12 bits per heavy atom. The van der Waals surface area contributed by atoms with Gasteiger partial charge >= 0.3 is 5.97 Å². The molecule has 0 amide bonds. The smallest absolute Gasteiger partial charge is 0.333 e. The standard InChI is InChI=1S/C13H26NO2.ClH/c1-12(2)13(15)16-11-9-7-6-8-10-14(3,4)5;/h1,6-11H2,2-5H3;1H/q+1;/p-1. The highest BCUT2D eigenvalue weighted by atomic mass is 35.5. The molecular formula is C13H26ClNO2. The minimum absolute atomic E-state index is 0. The molecule has 0 radical (unpaired) electrons. The molecule has 17 heavy (non-hydrogen) atoms. The van der Waals surface area contributed by atoms with Crippen LogP contribution in [-0.4, -0.2) is 44.7 Å². The van der Waals surface area contributed by atoms with Gasteiger partial charge in [0.05, 0.1) is 34.3 Å². The predicted octanol–water partition coefficient (Wildman–Crippen LogP) is -0.624. The van der Waals surface area contributed by atoms with Gasteiger partial charge in [-0.3, -0.25) is 0 Å². The van der Waals surface area contributed by atoms with Gasteiger partial charge in [0.2, 0.25) is 0 Å². The summed E-state index contributed by atoms with van der Waals surface area (Å²) in [6.07, 6.45) is 4.53. The lowest BCUT2D eigenvalue weighted by Crippen LogP contribution is -3.00. The fraction of sp³-hybridized carbons (Fsp3) is 0.769. The summed E-state index contributed by atoms with van der Waals surface area (Å²) in [5.41, 5.74) is 0.477. The molecule has 102 valence electrons. The summed E-state index contributed by atoms with van der Waals surface area (Å²) in [6, 6.07) is 0. The second-order valence-corrected chi connectivity index (χ2v) is 5.34. The predicted molar refractivity (Wildman–Crippen MR) is 67.1 cm³/mol. The van der Waals surface area contributed by atoms with Crippen LogP contribution in [0.1, 0.15) is 32.6 Å². The molecule has 0 rings (SSSR count).